The molecule has 1 saturated heterocycles. The molecule has 6 heteroatoms. The Kier molecular flexibility index (Phi) is 7.53. The zero-order chi connectivity index (χ0) is 18.2. The number of nitrogens with one attached hydrogen (secondary N) is 2. The lowest BCUT2D eigenvalue weighted by molar-refractivity contribution is 0.198. The summed E-state index contributed by atoms with van der Waals surface area (Å²) >= 11 is 5.26. The van der Waals surface area contributed by atoms with Gasteiger partial charge in [-0.1, -0.05) is 28.1 Å². The monoisotopic (exact) mass is 434 g/mol. The van der Waals surface area contributed by atoms with Crippen LogP contribution in [0.15, 0.2) is 50.6 Å². The lowest BCUT2D eigenvalue weighted by Crippen LogP contribution is -2.48. The Morgan fingerprint density at radius 2 is 1.96 bits per heavy atom. The van der Waals surface area contributed by atoms with E-state index in [2.05, 4.69) is 79.5 Å². The fraction of sp³-hybridized carbons (Fsp3) is 0.450. The molecule has 3 rings (SSSR count). The minimum Gasteiger partial charge on any atom is -0.357 e. The Balaban J connectivity index is 1.48. The number of guanidine groups is 1. The van der Waals surface area contributed by atoms with Crippen molar-refractivity contribution < 1.29 is 0 Å². The van der Waals surface area contributed by atoms with Crippen LogP contribution in [0.5, 0.6) is 0 Å². The summed E-state index contributed by atoms with van der Waals surface area (Å²) in [4.78, 5) is 7.30. The Morgan fingerprint density at radius 3 is 2.62 bits per heavy atom. The number of thiophene rings is 1. The minimum atomic E-state index is 0.497. The zero-order valence-corrected chi connectivity index (χ0v) is 17.7. The first-order valence-electron chi connectivity index (χ1n) is 9.25. The van der Waals surface area contributed by atoms with Crippen LogP contribution in [-0.2, 0) is 13.1 Å². The maximum absolute atomic E-state index is 4.75. The number of aliphatic imine (C=N–C) groups is 1. The molecule has 0 radical (unpaired) electrons. The van der Waals surface area contributed by atoms with E-state index >= 15 is 0 Å². The van der Waals surface area contributed by atoms with Crippen molar-refractivity contribution in [2.24, 2.45) is 4.99 Å². The molecule has 2 aromatic rings. The summed E-state index contributed by atoms with van der Waals surface area (Å²) < 4.78 is 1.10. The first kappa shape index (κ1) is 19.4. The van der Waals surface area contributed by atoms with Crippen LogP contribution in [0.1, 0.15) is 30.9 Å². The van der Waals surface area contributed by atoms with Gasteiger partial charge in [0.1, 0.15) is 0 Å². The van der Waals surface area contributed by atoms with E-state index in [0.717, 1.165) is 49.5 Å². The first-order chi connectivity index (χ1) is 12.7. The van der Waals surface area contributed by atoms with Crippen molar-refractivity contribution in [1.29, 1.82) is 0 Å². The van der Waals surface area contributed by atoms with Crippen LogP contribution in [-0.4, -0.2) is 36.5 Å². The van der Waals surface area contributed by atoms with E-state index in [1.165, 1.54) is 11.1 Å². The third-order valence-electron chi connectivity index (χ3n) is 4.59. The summed E-state index contributed by atoms with van der Waals surface area (Å²) in [5.41, 5.74) is 2.65. The fourth-order valence-corrected chi connectivity index (χ4v) is 4.07. The van der Waals surface area contributed by atoms with Crippen molar-refractivity contribution in [3.63, 3.8) is 0 Å². The summed E-state index contributed by atoms with van der Waals surface area (Å²) in [5.74, 6) is 0.923. The molecule has 2 N–H and O–H groups in total. The highest BCUT2D eigenvalue weighted by molar-refractivity contribution is 9.10. The van der Waals surface area contributed by atoms with Crippen LogP contribution in [0.3, 0.4) is 0 Å². The molecule has 0 amide bonds. The van der Waals surface area contributed by atoms with Crippen molar-refractivity contribution in [3.8, 4) is 0 Å². The number of hydrogen-bond donors (Lipinski definition) is 2. The fourth-order valence-electron chi connectivity index (χ4n) is 3.15. The van der Waals surface area contributed by atoms with E-state index in [1.54, 1.807) is 11.3 Å². The molecule has 4 nitrogen and oxygen atoms in total. The van der Waals surface area contributed by atoms with Crippen LogP contribution < -0.4 is 10.6 Å². The molecule has 1 aliphatic heterocycles. The van der Waals surface area contributed by atoms with Gasteiger partial charge in [0, 0.05) is 36.7 Å². The second kappa shape index (κ2) is 10.1. The smallest absolute Gasteiger partial charge is 0.191 e. The minimum absolute atomic E-state index is 0.497. The summed E-state index contributed by atoms with van der Waals surface area (Å²) in [7, 11) is 0. The lowest BCUT2D eigenvalue weighted by atomic mass is 10.0. The SMILES string of the molecule is CCNC(=NCc1ccc(Br)cc1)NC1CCN(Cc2ccsc2)CC1. The van der Waals surface area contributed by atoms with Gasteiger partial charge in [0.15, 0.2) is 5.96 Å². The molecule has 0 spiro atoms. The van der Waals surface area contributed by atoms with Gasteiger partial charge in [-0.2, -0.15) is 11.3 Å². The summed E-state index contributed by atoms with van der Waals surface area (Å²) in [6, 6.07) is 11.1. The lowest BCUT2D eigenvalue weighted by Gasteiger charge is -2.33. The molecule has 1 aliphatic rings. The second-order valence-electron chi connectivity index (χ2n) is 6.65. The van der Waals surface area contributed by atoms with Crippen LogP contribution in [0, 0.1) is 0 Å². The van der Waals surface area contributed by atoms with Gasteiger partial charge in [-0.3, -0.25) is 4.90 Å². The first-order valence-corrected chi connectivity index (χ1v) is 11.0. The highest BCUT2D eigenvalue weighted by atomic mass is 79.9. The predicted molar refractivity (Wildman–Crippen MR) is 115 cm³/mol. The molecule has 0 atom stereocenters. The Labute approximate surface area is 168 Å². The number of nitrogens with zero attached hydrogens (tertiary/aromatic N) is 2. The van der Waals surface area contributed by atoms with Crippen molar-refractivity contribution in [2.45, 2.75) is 38.9 Å². The van der Waals surface area contributed by atoms with Gasteiger partial charge < -0.3 is 10.6 Å². The van der Waals surface area contributed by atoms with Crippen molar-refractivity contribution in [1.82, 2.24) is 15.5 Å². The third-order valence-corrected chi connectivity index (χ3v) is 5.85. The number of likely N-dealkylation sites (tertiary alicyclic amines) is 1. The van der Waals surface area contributed by atoms with Crippen LogP contribution in [0.25, 0.3) is 0 Å². The third kappa shape index (κ3) is 6.11. The van der Waals surface area contributed by atoms with Gasteiger partial charge >= 0.3 is 0 Å². The van der Waals surface area contributed by atoms with Crippen LogP contribution >= 0.6 is 27.3 Å². The van der Waals surface area contributed by atoms with E-state index < -0.39 is 0 Å². The predicted octanol–water partition coefficient (Wildman–Crippen LogP) is 4.23. The largest absolute Gasteiger partial charge is 0.357 e. The number of halogens is 1. The van der Waals surface area contributed by atoms with Gasteiger partial charge in [-0.15, -0.1) is 0 Å². The highest BCUT2D eigenvalue weighted by Gasteiger charge is 2.20. The average molecular weight is 435 g/mol. The zero-order valence-electron chi connectivity index (χ0n) is 15.2. The Morgan fingerprint density at radius 1 is 1.19 bits per heavy atom. The van der Waals surface area contributed by atoms with Crippen molar-refractivity contribution in [3.05, 3.63) is 56.7 Å². The molecule has 2 heterocycles. The van der Waals surface area contributed by atoms with Crippen molar-refractivity contribution in [2.75, 3.05) is 19.6 Å². The van der Waals surface area contributed by atoms with E-state index in [0.29, 0.717) is 12.6 Å². The average Bonchev–Trinajstić information content (AvgIpc) is 3.16. The summed E-state index contributed by atoms with van der Waals surface area (Å²) in [6.45, 7) is 7.04. The molecule has 1 fully saturated rings. The molecular formula is C20H27BrN4S. The van der Waals surface area contributed by atoms with E-state index in [1.807, 2.05) is 0 Å². The molecule has 0 unspecified atom stereocenters. The summed E-state index contributed by atoms with van der Waals surface area (Å²) in [6.07, 6.45) is 2.32. The highest BCUT2D eigenvalue weighted by Crippen LogP contribution is 2.16. The normalized spacial score (nSPS) is 16.6. The molecule has 1 aromatic heterocycles. The van der Waals surface area contributed by atoms with Crippen molar-refractivity contribution >= 4 is 33.2 Å². The van der Waals surface area contributed by atoms with E-state index in [-0.39, 0.29) is 0 Å². The number of hydrogen-bond acceptors (Lipinski definition) is 3. The Bertz CT molecular complexity index is 676. The molecule has 0 saturated carbocycles. The quantitative estimate of drug-likeness (QED) is 0.527. The van der Waals surface area contributed by atoms with Gasteiger partial charge in [0.05, 0.1) is 6.54 Å². The maximum atomic E-state index is 4.75. The van der Waals surface area contributed by atoms with E-state index in [4.69, 9.17) is 4.99 Å². The van der Waals surface area contributed by atoms with Gasteiger partial charge in [-0.25, -0.2) is 4.99 Å². The number of rotatable bonds is 6. The standard InChI is InChI=1S/C20H27BrN4S/c1-2-22-20(23-13-16-3-5-18(21)6-4-16)24-19-7-10-25(11-8-19)14-17-9-12-26-15-17/h3-6,9,12,15,19H,2,7-8,10-11,13-14H2,1H3,(H2,22,23,24). The molecule has 140 valence electrons. The Hall–Kier alpha value is -1.37. The molecule has 1 aromatic carbocycles. The topological polar surface area (TPSA) is 39.7 Å². The molecule has 26 heavy (non-hydrogen) atoms. The van der Waals surface area contributed by atoms with Gasteiger partial charge in [0.2, 0.25) is 0 Å². The van der Waals surface area contributed by atoms with Crippen LogP contribution in [0.4, 0.5) is 0 Å². The summed E-state index contributed by atoms with van der Waals surface area (Å²) in [5, 5.41) is 11.4. The number of piperidine rings is 1. The van der Waals surface area contributed by atoms with Gasteiger partial charge in [-0.05, 0) is 59.9 Å². The van der Waals surface area contributed by atoms with Crippen LogP contribution in [0.2, 0.25) is 0 Å². The molecule has 0 aliphatic carbocycles. The second-order valence-corrected chi connectivity index (χ2v) is 8.34. The molecular weight excluding hydrogens is 408 g/mol. The maximum Gasteiger partial charge on any atom is 0.191 e. The number of benzene rings is 1. The molecule has 0 bridgehead atoms. The van der Waals surface area contributed by atoms with E-state index in [9.17, 15) is 0 Å². The van der Waals surface area contributed by atoms with Gasteiger partial charge in [0.25, 0.3) is 0 Å².